The number of aromatic carboxylic acids is 1. The number of carboxylic acid groups (broad SMARTS) is 1. The van der Waals surface area contributed by atoms with E-state index in [1.54, 1.807) is 6.92 Å². The van der Waals surface area contributed by atoms with E-state index >= 15 is 0 Å². The second kappa shape index (κ2) is 5.03. The largest absolute Gasteiger partial charge is 0.506 e. The average Bonchev–Trinajstić information content (AvgIpc) is 2.36. The first-order chi connectivity index (χ1) is 8.65. The minimum atomic E-state index is -1.20. The van der Waals surface area contributed by atoms with Crippen LogP contribution >= 0.6 is 0 Å². The quantitative estimate of drug-likeness (QED) is 0.794. The van der Waals surface area contributed by atoms with E-state index in [0.717, 1.165) is 6.42 Å². The standard InChI is InChI=1S/C12H14N2O4/c1-2-18-14-9-5-3-4-8-10(9)11(15)7(6-13-8)12(16)17/h6H,2-5H2,1H3,(H,13,15)(H,16,17)/b14-9-. The predicted octanol–water partition coefficient (Wildman–Crippen LogP) is 1.56. The zero-order valence-corrected chi connectivity index (χ0v) is 10.0. The summed E-state index contributed by atoms with van der Waals surface area (Å²) in [5.41, 5.74) is 1.43. The van der Waals surface area contributed by atoms with Gasteiger partial charge in [0.1, 0.15) is 17.9 Å². The third-order valence-electron chi connectivity index (χ3n) is 2.78. The van der Waals surface area contributed by atoms with Gasteiger partial charge in [-0.3, -0.25) is 4.98 Å². The van der Waals surface area contributed by atoms with Crippen molar-refractivity contribution in [3.63, 3.8) is 0 Å². The number of fused-ring (bicyclic) bond motifs is 1. The van der Waals surface area contributed by atoms with Gasteiger partial charge in [0.2, 0.25) is 0 Å². The van der Waals surface area contributed by atoms with Crippen LogP contribution in [0.25, 0.3) is 0 Å². The number of carbonyl (C=O) groups is 1. The van der Waals surface area contributed by atoms with Gasteiger partial charge in [-0.15, -0.1) is 0 Å². The van der Waals surface area contributed by atoms with E-state index in [9.17, 15) is 9.90 Å². The molecule has 96 valence electrons. The molecule has 18 heavy (non-hydrogen) atoms. The highest BCUT2D eigenvalue weighted by Gasteiger charge is 2.25. The number of hydrogen-bond donors (Lipinski definition) is 2. The van der Waals surface area contributed by atoms with Gasteiger partial charge in [0, 0.05) is 6.20 Å². The van der Waals surface area contributed by atoms with Gasteiger partial charge in [0.15, 0.2) is 0 Å². The van der Waals surface area contributed by atoms with Crippen molar-refractivity contribution >= 4 is 11.7 Å². The molecule has 0 aromatic carbocycles. The molecule has 0 aliphatic heterocycles. The molecule has 0 atom stereocenters. The van der Waals surface area contributed by atoms with Crippen LogP contribution in [0, 0.1) is 0 Å². The first kappa shape index (κ1) is 12.3. The summed E-state index contributed by atoms with van der Waals surface area (Å²) >= 11 is 0. The lowest BCUT2D eigenvalue weighted by molar-refractivity contribution is 0.0693. The van der Waals surface area contributed by atoms with Crippen LogP contribution in [-0.4, -0.2) is 33.5 Å². The van der Waals surface area contributed by atoms with Gasteiger partial charge in [0.05, 0.1) is 17.0 Å². The van der Waals surface area contributed by atoms with E-state index in [2.05, 4.69) is 10.1 Å². The molecule has 1 heterocycles. The molecule has 1 aliphatic rings. The zero-order valence-electron chi connectivity index (χ0n) is 10.0. The molecule has 0 bridgehead atoms. The second-order valence-electron chi connectivity index (χ2n) is 3.96. The number of rotatable bonds is 3. The van der Waals surface area contributed by atoms with Gasteiger partial charge in [-0.2, -0.15) is 0 Å². The van der Waals surface area contributed by atoms with Crippen molar-refractivity contribution in [2.45, 2.75) is 26.2 Å². The highest BCUT2D eigenvalue weighted by atomic mass is 16.6. The molecule has 0 radical (unpaired) electrons. The van der Waals surface area contributed by atoms with Crippen LogP contribution in [0.1, 0.15) is 41.4 Å². The van der Waals surface area contributed by atoms with Gasteiger partial charge in [-0.25, -0.2) is 4.79 Å². The van der Waals surface area contributed by atoms with Crippen molar-refractivity contribution in [2.75, 3.05) is 6.61 Å². The molecule has 0 saturated heterocycles. The van der Waals surface area contributed by atoms with E-state index in [-0.39, 0.29) is 11.3 Å². The Balaban J connectivity index is 2.53. The number of hydrogen-bond acceptors (Lipinski definition) is 5. The normalized spacial score (nSPS) is 16.4. The average molecular weight is 250 g/mol. The van der Waals surface area contributed by atoms with Gasteiger partial charge >= 0.3 is 5.97 Å². The summed E-state index contributed by atoms with van der Waals surface area (Å²) in [5, 5.41) is 22.9. The lowest BCUT2D eigenvalue weighted by Gasteiger charge is -2.18. The molecular formula is C12H14N2O4. The third-order valence-corrected chi connectivity index (χ3v) is 2.78. The van der Waals surface area contributed by atoms with Gasteiger partial charge in [0.25, 0.3) is 0 Å². The minimum Gasteiger partial charge on any atom is -0.506 e. The summed E-state index contributed by atoms with van der Waals surface area (Å²) < 4.78 is 0. The Kier molecular flexibility index (Phi) is 3.45. The maximum absolute atomic E-state index is 11.0. The van der Waals surface area contributed by atoms with Crippen molar-refractivity contribution in [3.05, 3.63) is 23.0 Å². The summed E-state index contributed by atoms with van der Waals surface area (Å²) in [7, 11) is 0. The van der Waals surface area contributed by atoms with E-state index in [1.807, 2.05) is 0 Å². The molecule has 2 N–H and O–H groups in total. The Labute approximate surface area is 104 Å². The van der Waals surface area contributed by atoms with Crippen LogP contribution in [0.15, 0.2) is 11.4 Å². The van der Waals surface area contributed by atoms with E-state index in [4.69, 9.17) is 9.94 Å². The highest BCUT2D eigenvalue weighted by Crippen LogP contribution is 2.30. The summed E-state index contributed by atoms with van der Waals surface area (Å²) in [4.78, 5) is 20.0. The summed E-state index contributed by atoms with van der Waals surface area (Å²) in [6.45, 7) is 2.23. The van der Waals surface area contributed by atoms with Crippen LogP contribution in [0.4, 0.5) is 0 Å². The zero-order chi connectivity index (χ0) is 13.1. The highest BCUT2D eigenvalue weighted by molar-refractivity contribution is 6.06. The van der Waals surface area contributed by atoms with Crippen LogP contribution < -0.4 is 0 Å². The van der Waals surface area contributed by atoms with Crippen LogP contribution in [0.3, 0.4) is 0 Å². The molecule has 1 aromatic rings. The van der Waals surface area contributed by atoms with E-state index in [1.165, 1.54) is 6.20 Å². The number of oxime groups is 1. The summed E-state index contributed by atoms with van der Waals surface area (Å²) in [6.07, 6.45) is 3.39. The maximum Gasteiger partial charge on any atom is 0.341 e. The number of aromatic nitrogens is 1. The van der Waals surface area contributed by atoms with E-state index < -0.39 is 5.97 Å². The Bertz CT molecular complexity index is 511. The first-order valence-corrected chi connectivity index (χ1v) is 5.78. The Morgan fingerprint density at radius 3 is 3.00 bits per heavy atom. The maximum atomic E-state index is 11.0. The molecule has 0 amide bonds. The van der Waals surface area contributed by atoms with Crippen LogP contribution in [0.2, 0.25) is 0 Å². The van der Waals surface area contributed by atoms with Gasteiger partial charge < -0.3 is 15.1 Å². The molecular weight excluding hydrogens is 236 g/mol. The number of aromatic hydroxyl groups is 1. The summed E-state index contributed by atoms with van der Waals surface area (Å²) in [6, 6.07) is 0. The van der Waals surface area contributed by atoms with Gasteiger partial charge in [-0.1, -0.05) is 5.16 Å². The fourth-order valence-electron chi connectivity index (χ4n) is 1.97. The number of aryl methyl sites for hydroxylation is 1. The third kappa shape index (κ3) is 2.13. The molecule has 1 aliphatic carbocycles. The number of carboxylic acids is 1. The number of pyridine rings is 1. The SMILES string of the molecule is CCO/N=C1/CCCc2ncc(C(=O)O)c(O)c21. The van der Waals surface area contributed by atoms with Crippen molar-refractivity contribution in [3.8, 4) is 5.75 Å². The molecule has 0 fully saturated rings. The second-order valence-corrected chi connectivity index (χ2v) is 3.96. The van der Waals surface area contributed by atoms with Crippen molar-refractivity contribution < 1.29 is 19.8 Å². The molecule has 0 saturated carbocycles. The van der Waals surface area contributed by atoms with Crippen molar-refractivity contribution in [2.24, 2.45) is 5.16 Å². The lowest BCUT2D eigenvalue weighted by Crippen LogP contribution is -2.16. The Hall–Kier alpha value is -2.11. The topological polar surface area (TPSA) is 92.0 Å². The van der Waals surface area contributed by atoms with E-state index in [0.29, 0.717) is 36.4 Å². The van der Waals surface area contributed by atoms with Crippen LogP contribution in [-0.2, 0) is 11.3 Å². The molecule has 0 spiro atoms. The smallest absolute Gasteiger partial charge is 0.341 e. The van der Waals surface area contributed by atoms with Crippen molar-refractivity contribution in [1.29, 1.82) is 0 Å². The first-order valence-electron chi connectivity index (χ1n) is 5.78. The molecule has 6 nitrogen and oxygen atoms in total. The fraction of sp³-hybridized carbons (Fsp3) is 0.417. The predicted molar refractivity (Wildman–Crippen MR) is 64.0 cm³/mol. The lowest BCUT2D eigenvalue weighted by atomic mass is 9.92. The van der Waals surface area contributed by atoms with Crippen LogP contribution in [0.5, 0.6) is 5.75 Å². The van der Waals surface area contributed by atoms with Crippen molar-refractivity contribution in [1.82, 2.24) is 4.98 Å². The number of nitrogens with zero attached hydrogens (tertiary/aromatic N) is 2. The Morgan fingerprint density at radius 1 is 1.56 bits per heavy atom. The molecule has 1 aromatic heterocycles. The fourth-order valence-corrected chi connectivity index (χ4v) is 1.97. The molecule has 0 unspecified atom stereocenters. The van der Waals surface area contributed by atoms with Gasteiger partial charge in [-0.05, 0) is 26.2 Å². The Morgan fingerprint density at radius 2 is 2.33 bits per heavy atom. The minimum absolute atomic E-state index is 0.208. The molecule has 6 heteroatoms. The monoisotopic (exact) mass is 250 g/mol. The summed E-state index contributed by atoms with van der Waals surface area (Å²) in [5.74, 6) is -1.48. The molecule has 2 rings (SSSR count).